The summed E-state index contributed by atoms with van der Waals surface area (Å²) in [5.74, 6) is 0.573. The van der Waals surface area contributed by atoms with Gasteiger partial charge < -0.3 is 14.8 Å². The predicted molar refractivity (Wildman–Crippen MR) is 67.2 cm³/mol. The van der Waals surface area contributed by atoms with Crippen molar-refractivity contribution in [2.45, 2.75) is 20.0 Å². The van der Waals surface area contributed by atoms with Crippen molar-refractivity contribution < 1.29 is 19.1 Å². The van der Waals surface area contributed by atoms with Crippen LogP contribution in [-0.2, 0) is 4.79 Å². The number of hydrogen-bond donors (Lipinski definition) is 1. The van der Waals surface area contributed by atoms with Gasteiger partial charge in [0.05, 0.1) is 7.11 Å². The van der Waals surface area contributed by atoms with Crippen molar-refractivity contribution in [2.75, 3.05) is 14.2 Å². The Labute approximate surface area is 106 Å². The van der Waals surface area contributed by atoms with Gasteiger partial charge in [-0.3, -0.25) is 9.59 Å². The Morgan fingerprint density at radius 2 is 1.94 bits per heavy atom. The number of methoxy groups -OCH3 is 1. The highest BCUT2D eigenvalue weighted by molar-refractivity contribution is 5.94. The van der Waals surface area contributed by atoms with Crippen LogP contribution < -0.4 is 14.8 Å². The van der Waals surface area contributed by atoms with Crippen molar-refractivity contribution in [3.05, 3.63) is 23.8 Å². The average molecular weight is 251 g/mol. The van der Waals surface area contributed by atoms with E-state index in [-0.39, 0.29) is 11.7 Å². The molecule has 0 heterocycles. The van der Waals surface area contributed by atoms with Gasteiger partial charge in [-0.25, -0.2) is 0 Å². The van der Waals surface area contributed by atoms with Crippen molar-refractivity contribution in [3.63, 3.8) is 0 Å². The highest BCUT2D eigenvalue weighted by atomic mass is 16.5. The molecule has 5 heteroatoms. The third-order valence-electron chi connectivity index (χ3n) is 2.49. The molecular formula is C13H17NO4. The summed E-state index contributed by atoms with van der Waals surface area (Å²) in [4.78, 5) is 22.6. The standard InChI is InChI=1S/C13H17NO4/c1-8(15)10-5-6-11(12(7-10)17-4)18-9(2)13(16)14-3/h5-7,9H,1-4H3,(H,14,16). The summed E-state index contributed by atoms with van der Waals surface area (Å²) in [6, 6.07) is 4.85. The molecule has 0 spiro atoms. The number of likely N-dealkylation sites (N-methyl/N-ethyl adjacent to an activating group) is 1. The summed E-state index contributed by atoms with van der Waals surface area (Å²) < 4.78 is 10.6. The molecule has 0 aliphatic rings. The molecule has 1 amide bonds. The van der Waals surface area contributed by atoms with Crippen molar-refractivity contribution >= 4 is 11.7 Å². The first-order valence-electron chi connectivity index (χ1n) is 5.56. The maximum absolute atomic E-state index is 11.4. The van der Waals surface area contributed by atoms with E-state index >= 15 is 0 Å². The second kappa shape index (κ2) is 6.05. The third kappa shape index (κ3) is 3.23. The number of ketones is 1. The molecule has 0 saturated heterocycles. The van der Waals surface area contributed by atoms with Crippen LogP contribution in [0, 0.1) is 0 Å². The molecule has 1 unspecified atom stereocenters. The van der Waals surface area contributed by atoms with Gasteiger partial charge >= 0.3 is 0 Å². The highest BCUT2D eigenvalue weighted by Crippen LogP contribution is 2.29. The Kier molecular flexibility index (Phi) is 4.71. The van der Waals surface area contributed by atoms with Gasteiger partial charge in [-0.2, -0.15) is 0 Å². The van der Waals surface area contributed by atoms with Crippen LogP contribution in [0.4, 0.5) is 0 Å². The summed E-state index contributed by atoms with van der Waals surface area (Å²) in [5, 5.41) is 2.49. The fourth-order valence-electron chi connectivity index (χ4n) is 1.43. The molecule has 1 aromatic rings. The fourth-order valence-corrected chi connectivity index (χ4v) is 1.43. The van der Waals surface area contributed by atoms with Crippen LogP contribution in [0.2, 0.25) is 0 Å². The van der Waals surface area contributed by atoms with E-state index in [9.17, 15) is 9.59 Å². The summed E-state index contributed by atoms with van der Waals surface area (Å²) in [7, 11) is 3.02. The first-order chi connectivity index (χ1) is 8.49. The Morgan fingerprint density at radius 3 is 2.44 bits per heavy atom. The quantitative estimate of drug-likeness (QED) is 0.804. The zero-order valence-electron chi connectivity index (χ0n) is 10.9. The Balaban J connectivity index is 2.96. The number of ether oxygens (including phenoxy) is 2. The van der Waals surface area contributed by atoms with Crippen molar-refractivity contribution in [2.24, 2.45) is 0 Å². The molecule has 0 aliphatic heterocycles. The minimum atomic E-state index is -0.632. The number of nitrogens with one attached hydrogen (secondary N) is 1. The molecular weight excluding hydrogens is 234 g/mol. The van der Waals surface area contributed by atoms with Crippen LogP contribution in [0.3, 0.4) is 0 Å². The maximum Gasteiger partial charge on any atom is 0.260 e. The molecule has 0 aromatic heterocycles. The number of Topliss-reactive ketones (excluding diaryl/α,β-unsaturated/α-hetero) is 1. The zero-order chi connectivity index (χ0) is 13.7. The normalized spacial score (nSPS) is 11.6. The number of carbonyl (C=O) groups excluding carboxylic acids is 2. The van der Waals surface area contributed by atoms with Gasteiger partial charge in [-0.1, -0.05) is 0 Å². The van der Waals surface area contributed by atoms with Gasteiger partial charge in [0.15, 0.2) is 23.4 Å². The SMILES string of the molecule is CNC(=O)C(C)Oc1ccc(C(C)=O)cc1OC. The summed E-state index contributed by atoms with van der Waals surface area (Å²) in [6.07, 6.45) is -0.632. The fraction of sp³-hybridized carbons (Fsp3) is 0.385. The van der Waals surface area contributed by atoms with Gasteiger partial charge in [0.25, 0.3) is 5.91 Å². The Morgan fingerprint density at radius 1 is 1.28 bits per heavy atom. The molecule has 5 nitrogen and oxygen atoms in total. The lowest BCUT2D eigenvalue weighted by Gasteiger charge is -2.16. The molecule has 1 N–H and O–H groups in total. The number of amides is 1. The molecule has 1 aromatic carbocycles. The number of benzene rings is 1. The molecule has 0 fully saturated rings. The van der Waals surface area contributed by atoms with Crippen molar-refractivity contribution in [3.8, 4) is 11.5 Å². The van der Waals surface area contributed by atoms with Gasteiger partial charge in [-0.15, -0.1) is 0 Å². The lowest BCUT2D eigenvalue weighted by molar-refractivity contribution is -0.126. The minimum absolute atomic E-state index is 0.0563. The van der Waals surface area contributed by atoms with E-state index < -0.39 is 6.10 Å². The lowest BCUT2D eigenvalue weighted by Crippen LogP contribution is -2.33. The van der Waals surface area contributed by atoms with E-state index in [2.05, 4.69) is 5.32 Å². The van der Waals surface area contributed by atoms with E-state index in [4.69, 9.17) is 9.47 Å². The maximum atomic E-state index is 11.4. The zero-order valence-corrected chi connectivity index (χ0v) is 10.9. The smallest absolute Gasteiger partial charge is 0.260 e. The van der Waals surface area contributed by atoms with Crippen molar-refractivity contribution in [1.29, 1.82) is 0 Å². The first kappa shape index (κ1) is 14.0. The second-order valence-electron chi connectivity index (χ2n) is 3.80. The Hall–Kier alpha value is -2.04. The van der Waals surface area contributed by atoms with E-state index in [0.29, 0.717) is 17.1 Å². The van der Waals surface area contributed by atoms with E-state index in [1.807, 2.05) is 0 Å². The minimum Gasteiger partial charge on any atom is -0.493 e. The molecule has 1 atom stereocenters. The van der Waals surface area contributed by atoms with Gasteiger partial charge in [0.2, 0.25) is 0 Å². The van der Waals surface area contributed by atoms with Crippen LogP contribution in [0.1, 0.15) is 24.2 Å². The lowest BCUT2D eigenvalue weighted by atomic mass is 10.1. The molecule has 1 rings (SSSR count). The van der Waals surface area contributed by atoms with Crippen LogP contribution in [0.25, 0.3) is 0 Å². The van der Waals surface area contributed by atoms with Crippen LogP contribution >= 0.6 is 0 Å². The molecule has 0 aliphatic carbocycles. The molecule has 18 heavy (non-hydrogen) atoms. The van der Waals surface area contributed by atoms with Gasteiger partial charge in [0.1, 0.15) is 0 Å². The first-order valence-corrected chi connectivity index (χ1v) is 5.56. The average Bonchev–Trinajstić information content (AvgIpc) is 2.37. The molecule has 0 radical (unpaired) electrons. The van der Waals surface area contributed by atoms with Crippen LogP contribution in [-0.4, -0.2) is 32.0 Å². The monoisotopic (exact) mass is 251 g/mol. The molecule has 0 bridgehead atoms. The van der Waals surface area contributed by atoms with E-state index in [1.54, 1.807) is 25.1 Å². The van der Waals surface area contributed by atoms with E-state index in [1.165, 1.54) is 21.1 Å². The summed E-state index contributed by atoms with van der Waals surface area (Å²) in [5.41, 5.74) is 0.534. The number of carbonyl (C=O) groups is 2. The van der Waals surface area contributed by atoms with Gasteiger partial charge in [-0.05, 0) is 32.0 Å². The topological polar surface area (TPSA) is 64.6 Å². The molecule has 98 valence electrons. The van der Waals surface area contributed by atoms with Crippen molar-refractivity contribution in [1.82, 2.24) is 5.32 Å². The molecule has 0 saturated carbocycles. The van der Waals surface area contributed by atoms with Crippen LogP contribution in [0.15, 0.2) is 18.2 Å². The Bertz CT molecular complexity index is 456. The summed E-state index contributed by atoms with van der Waals surface area (Å²) in [6.45, 7) is 3.11. The third-order valence-corrected chi connectivity index (χ3v) is 2.49. The highest BCUT2D eigenvalue weighted by Gasteiger charge is 2.16. The van der Waals surface area contributed by atoms with E-state index in [0.717, 1.165) is 0 Å². The van der Waals surface area contributed by atoms with Gasteiger partial charge in [0, 0.05) is 12.6 Å². The van der Waals surface area contributed by atoms with Crippen LogP contribution in [0.5, 0.6) is 11.5 Å². The predicted octanol–water partition coefficient (Wildman–Crippen LogP) is 1.41. The summed E-state index contributed by atoms with van der Waals surface area (Å²) >= 11 is 0. The number of hydrogen-bond acceptors (Lipinski definition) is 4. The largest absolute Gasteiger partial charge is 0.493 e. The second-order valence-corrected chi connectivity index (χ2v) is 3.80. The number of rotatable bonds is 5.